The summed E-state index contributed by atoms with van der Waals surface area (Å²) < 4.78 is 0. The molecule has 0 atom stereocenters. The number of aryl methyl sites for hydroxylation is 1. The fourth-order valence-corrected chi connectivity index (χ4v) is 2.39. The van der Waals surface area contributed by atoms with Gasteiger partial charge in [0.05, 0.1) is 0 Å². The van der Waals surface area contributed by atoms with E-state index in [2.05, 4.69) is 53.7 Å². The summed E-state index contributed by atoms with van der Waals surface area (Å²) in [5.41, 5.74) is 4.90. The maximum atomic E-state index is 11.9. The van der Waals surface area contributed by atoms with Crippen LogP contribution in [0.15, 0.2) is 36.4 Å². The van der Waals surface area contributed by atoms with Crippen LogP contribution in [0.2, 0.25) is 0 Å². The van der Waals surface area contributed by atoms with Gasteiger partial charge in [0, 0.05) is 25.7 Å². The van der Waals surface area contributed by atoms with Crippen molar-refractivity contribution < 1.29 is 4.79 Å². The normalized spacial score (nSPS) is 10.5. The number of hydrogen-bond acceptors (Lipinski definition) is 3. The highest BCUT2D eigenvalue weighted by atomic mass is 16.1. The molecule has 4 nitrogen and oxygen atoms in total. The lowest BCUT2D eigenvalue weighted by Gasteiger charge is -2.09. The van der Waals surface area contributed by atoms with Crippen LogP contribution < -0.4 is 10.6 Å². The molecule has 0 radical (unpaired) electrons. The van der Waals surface area contributed by atoms with Crippen molar-refractivity contribution in [3.63, 3.8) is 0 Å². The van der Waals surface area contributed by atoms with Gasteiger partial charge in [-0.25, -0.2) is 4.98 Å². The summed E-state index contributed by atoms with van der Waals surface area (Å²) in [4.78, 5) is 16.4. The maximum Gasteiger partial charge on any atom is 0.269 e. The third kappa shape index (κ3) is 4.40. The van der Waals surface area contributed by atoms with Gasteiger partial charge in [0.25, 0.3) is 5.91 Å². The minimum atomic E-state index is -0.149. The Morgan fingerprint density at radius 1 is 1.18 bits per heavy atom. The zero-order valence-corrected chi connectivity index (χ0v) is 13.4. The van der Waals surface area contributed by atoms with Crippen molar-refractivity contribution in [3.05, 3.63) is 64.5 Å². The molecular weight excluding hydrogens is 274 g/mol. The summed E-state index contributed by atoms with van der Waals surface area (Å²) >= 11 is 0. The van der Waals surface area contributed by atoms with Crippen LogP contribution in [0, 0.1) is 6.92 Å². The predicted molar refractivity (Wildman–Crippen MR) is 89.0 cm³/mol. The zero-order valence-electron chi connectivity index (χ0n) is 13.4. The van der Waals surface area contributed by atoms with Gasteiger partial charge in [0.15, 0.2) is 0 Å². The Hall–Kier alpha value is -2.20. The van der Waals surface area contributed by atoms with Crippen molar-refractivity contribution in [1.29, 1.82) is 0 Å². The number of benzene rings is 1. The molecule has 2 aromatic rings. The maximum absolute atomic E-state index is 11.9. The van der Waals surface area contributed by atoms with E-state index in [1.54, 1.807) is 7.05 Å². The number of nitrogens with zero attached hydrogens (tertiary/aromatic N) is 1. The van der Waals surface area contributed by atoms with Crippen LogP contribution >= 0.6 is 0 Å². The van der Waals surface area contributed by atoms with E-state index in [1.807, 2.05) is 12.1 Å². The van der Waals surface area contributed by atoms with E-state index in [0.717, 1.165) is 30.8 Å². The Morgan fingerprint density at radius 2 is 2.00 bits per heavy atom. The Bertz CT molecular complexity index is 653. The largest absolute Gasteiger partial charge is 0.354 e. The second-order valence-electron chi connectivity index (χ2n) is 5.38. The molecule has 0 aliphatic rings. The number of nitrogens with one attached hydrogen (secondary N) is 2. The highest BCUT2D eigenvalue weighted by molar-refractivity contribution is 5.92. The van der Waals surface area contributed by atoms with E-state index in [0.29, 0.717) is 5.69 Å². The van der Waals surface area contributed by atoms with Gasteiger partial charge in [-0.05, 0) is 36.7 Å². The van der Waals surface area contributed by atoms with E-state index >= 15 is 0 Å². The number of hydrogen-bond donors (Lipinski definition) is 2. The van der Waals surface area contributed by atoms with Crippen molar-refractivity contribution >= 4 is 5.91 Å². The van der Waals surface area contributed by atoms with Crippen molar-refractivity contribution in [2.24, 2.45) is 0 Å². The smallest absolute Gasteiger partial charge is 0.269 e. The summed E-state index contributed by atoms with van der Waals surface area (Å²) in [7, 11) is 1.63. The van der Waals surface area contributed by atoms with Crippen LogP contribution in [-0.2, 0) is 13.0 Å². The molecule has 2 rings (SSSR count). The molecule has 0 aliphatic carbocycles. The first-order valence-electron chi connectivity index (χ1n) is 7.60. The molecule has 0 unspecified atom stereocenters. The first-order valence-corrected chi connectivity index (χ1v) is 7.60. The molecule has 1 aromatic heterocycles. The zero-order chi connectivity index (χ0) is 15.9. The Balaban J connectivity index is 2.30. The van der Waals surface area contributed by atoms with Crippen LogP contribution in [0.4, 0.5) is 0 Å². The predicted octanol–water partition coefficient (Wildman–Crippen LogP) is 2.45. The molecule has 0 saturated carbocycles. The van der Waals surface area contributed by atoms with Gasteiger partial charge < -0.3 is 10.6 Å². The highest BCUT2D eigenvalue weighted by Gasteiger charge is 2.09. The van der Waals surface area contributed by atoms with Crippen molar-refractivity contribution in [2.45, 2.75) is 26.8 Å². The first-order chi connectivity index (χ1) is 10.6. The van der Waals surface area contributed by atoms with Gasteiger partial charge in [0.2, 0.25) is 0 Å². The standard InChI is InChI=1S/C18H23N3O/c1-4-20-12-15-10-16(21-17(11-15)18(22)19-3)9-14-7-5-6-13(2)8-14/h5-8,10-11,20H,4,9,12H2,1-3H3,(H,19,22). The van der Waals surface area contributed by atoms with Gasteiger partial charge >= 0.3 is 0 Å². The van der Waals surface area contributed by atoms with Gasteiger partial charge in [0.1, 0.15) is 5.69 Å². The summed E-state index contributed by atoms with van der Waals surface area (Å²) in [6.07, 6.45) is 0.728. The van der Waals surface area contributed by atoms with Gasteiger partial charge in [-0.3, -0.25) is 4.79 Å². The second-order valence-corrected chi connectivity index (χ2v) is 5.38. The van der Waals surface area contributed by atoms with Crippen LogP contribution in [0.5, 0.6) is 0 Å². The van der Waals surface area contributed by atoms with Crippen LogP contribution in [-0.4, -0.2) is 24.5 Å². The Kier molecular flexibility index (Phi) is 5.67. The minimum Gasteiger partial charge on any atom is -0.354 e. The summed E-state index contributed by atoms with van der Waals surface area (Å²) in [6.45, 7) is 5.78. The Labute approximate surface area is 132 Å². The molecule has 1 amide bonds. The van der Waals surface area contributed by atoms with Crippen molar-refractivity contribution in [1.82, 2.24) is 15.6 Å². The first kappa shape index (κ1) is 16.2. The van der Waals surface area contributed by atoms with E-state index in [-0.39, 0.29) is 5.91 Å². The topological polar surface area (TPSA) is 54.0 Å². The highest BCUT2D eigenvalue weighted by Crippen LogP contribution is 2.13. The molecule has 1 aromatic carbocycles. The molecule has 0 saturated heterocycles. The number of carbonyl (C=O) groups excluding carboxylic acids is 1. The van der Waals surface area contributed by atoms with Crippen molar-refractivity contribution in [2.75, 3.05) is 13.6 Å². The lowest BCUT2D eigenvalue weighted by molar-refractivity contribution is 0.0958. The van der Waals surface area contributed by atoms with Gasteiger partial charge in [-0.15, -0.1) is 0 Å². The van der Waals surface area contributed by atoms with Crippen LogP contribution in [0.1, 0.15) is 39.8 Å². The molecular formula is C18H23N3O. The lowest BCUT2D eigenvalue weighted by Crippen LogP contribution is -2.21. The fraction of sp³-hybridized carbons (Fsp3) is 0.333. The van der Waals surface area contributed by atoms with Gasteiger partial charge in [-0.1, -0.05) is 36.8 Å². The lowest BCUT2D eigenvalue weighted by atomic mass is 10.0. The van der Waals surface area contributed by atoms with E-state index in [9.17, 15) is 4.79 Å². The quantitative estimate of drug-likeness (QED) is 0.861. The summed E-state index contributed by atoms with van der Waals surface area (Å²) in [5, 5.41) is 5.93. The number of amides is 1. The average Bonchev–Trinajstić information content (AvgIpc) is 2.52. The molecule has 22 heavy (non-hydrogen) atoms. The SMILES string of the molecule is CCNCc1cc(Cc2cccc(C)c2)nc(C(=O)NC)c1. The molecule has 0 fully saturated rings. The Morgan fingerprint density at radius 3 is 2.68 bits per heavy atom. The molecule has 1 heterocycles. The van der Waals surface area contributed by atoms with Crippen molar-refractivity contribution in [3.8, 4) is 0 Å². The van der Waals surface area contributed by atoms with Crippen LogP contribution in [0.3, 0.4) is 0 Å². The second kappa shape index (κ2) is 7.71. The number of pyridine rings is 1. The van der Waals surface area contributed by atoms with E-state index in [4.69, 9.17) is 0 Å². The molecule has 0 spiro atoms. The number of rotatable bonds is 6. The fourth-order valence-electron chi connectivity index (χ4n) is 2.39. The third-order valence-corrected chi connectivity index (χ3v) is 3.44. The van der Waals surface area contributed by atoms with E-state index in [1.165, 1.54) is 11.1 Å². The minimum absolute atomic E-state index is 0.149. The molecule has 4 heteroatoms. The third-order valence-electron chi connectivity index (χ3n) is 3.44. The number of aromatic nitrogens is 1. The molecule has 116 valence electrons. The molecule has 2 N–H and O–H groups in total. The van der Waals surface area contributed by atoms with E-state index < -0.39 is 0 Å². The van der Waals surface area contributed by atoms with Crippen LogP contribution in [0.25, 0.3) is 0 Å². The average molecular weight is 297 g/mol. The summed E-state index contributed by atoms with van der Waals surface area (Å²) in [5.74, 6) is -0.149. The monoisotopic (exact) mass is 297 g/mol. The molecule has 0 bridgehead atoms. The molecule has 0 aliphatic heterocycles. The number of carbonyl (C=O) groups is 1. The summed E-state index contributed by atoms with van der Waals surface area (Å²) in [6, 6.07) is 12.3. The van der Waals surface area contributed by atoms with Gasteiger partial charge in [-0.2, -0.15) is 0 Å².